The second kappa shape index (κ2) is 5.51. The van der Waals surface area contributed by atoms with Crippen LogP contribution in [0.4, 0.5) is 13.2 Å². The lowest BCUT2D eigenvalue weighted by Gasteiger charge is -2.15. The van der Waals surface area contributed by atoms with Crippen molar-refractivity contribution >= 4 is 15.8 Å². The molecule has 1 atom stereocenters. The maximum absolute atomic E-state index is 12.2. The molecule has 0 heterocycles. The van der Waals surface area contributed by atoms with Crippen molar-refractivity contribution in [2.75, 3.05) is 11.5 Å². The van der Waals surface area contributed by atoms with Crippen LogP contribution < -0.4 is 0 Å². The Kier molecular flexibility index (Phi) is 5.24. The molecule has 0 aromatic heterocycles. The van der Waals surface area contributed by atoms with E-state index >= 15 is 0 Å². The number of hydrogen-bond acceptors (Lipinski definition) is 3. The minimum absolute atomic E-state index is 0.229. The van der Waals surface area contributed by atoms with Gasteiger partial charge in [0.2, 0.25) is 0 Å². The molecule has 0 amide bonds. The van der Waals surface area contributed by atoms with Gasteiger partial charge in [0.05, 0.1) is 11.5 Å². The van der Waals surface area contributed by atoms with Gasteiger partial charge in [-0.05, 0) is 6.42 Å². The van der Waals surface area contributed by atoms with Crippen molar-refractivity contribution in [1.82, 2.24) is 0 Å². The molecule has 0 saturated heterocycles. The minimum atomic E-state index is -5.04. The maximum Gasteiger partial charge on any atom is 0.403 e. The van der Waals surface area contributed by atoms with E-state index in [4.69, 9.17) is 5.11 Å². The lowest BCUT2D eigenvalue weighted by atomic mass is 10.2. The number of carbonyl (C=O) groups is 1. The fourth-order valence-corrected chi connectivity index (χ4v) is 2.74. The van der Waals surface area contributed by atoms with Gasteiger partial charge in [-0.15, -0.1) is 0 Å². The summed E-state index contributed by atoms with van der Waals surface area (Å²) in [4.78, 5) is 10.3. The Morgan fingerprint density at radius 2 is 1.88 bits per heavy atom. The Balaban J connectivity index is 4.71. The largest absolute Gasteiger partial charge is 0.481 e. The van der Waals surface area contributed by atoms with Crippen LogP contribution in [0, 0.1) is 5.92 Å². The number of sulfone groups is 1. The first kappa shape index (κ1) is 15.2. The van der Waals surface area contributed by atoms with Gasteiger partial charge in [0.15, 0.2) is 15.8 Å². The first-order valence-corrected chi connectivity index (χ1v) is 6.42. The van der Waals surface area contributed by atoms with E-state index in [1.807, 2.05) is 0 Å². The second-order valence-corrected chi connectivity index (χ2v) is 5.63. The average Bonchev–Trinajstić information content (AvgIpc) is 2.09. The molecule has 1 unspecified atom stereocenters. The Morgan fingerprint density at radius 1 is 1.38 bits per heavy atom. The monoisotopic (exact) mass is 262 g/mol. The molecule has 0 saturated carbocycles. The van der Waals surface area contributed by atoms with Crippen LogP contribution in [0.1, 0.15) is 19.8 Å². The quantitative estimate of drug-likeness (QED) is 0.786. The summed E-state index contributed by atoms with van der Waals surface area (Å²) in [5.74, 6) is -6.79. The van der Waals surface area contributed by atoms with Gasteiger partial charge < -0.3 is 5.11 Å². The normalized spacial score (nSPS) is 14.8. The molecule has 0 aliphatic rings. The fraction of sp³-hybridized carbons (Fsp3) is 0.875. The SMILES string of the molecule is CCCCS(=O)(=O)CC(C(=O)O)C(F)(F)F. The maximum atomic E-state index is 12.2. The van der Waals surface area contributed by atoms with Crippen LogP contribution >= 0.6 is 0 Å². The summed E-state index contributed by atoms with van der Waals surface area (Å²) in [7, 11) is -3.97. The first-order chi connectivity index (χ1) is 7.10. The molecule has 0 spiro atoms. The number of carboxylic acids is 1. The van der Waals surface area contributed by atoms with E-state index in [1.54, 1.807) is 6.92 Å². The summed E-state index contributed by atoms with van der Waals surface area (Å²) in [5, 5.41) is 8.31. The third-order valence-electron chi connectivity index (χ3n) is 1.92. The smallest absolute Gasteiger partial charge is 0.403 e. The highest BCUT2D eigenvalue weighted by Gasteiger charge is 2.47. The molecule has 0 radical (unpaired) electrons. The van der Waals surface area contributed by atoms with Crippen LogP contribution in [0.25, 0.3) is 0 Å². The van der Waals surface area contributed by atoms with Gasteiger partial charge in [-0.25, -0.2) is 8.42 Å². The minimum Gasteiger partial charge on any atom is -0.481 e. The van der Waals surface area contributed by atoms with Gasteiger partial charge in [0.25, 0.3) is 0 Å². The van der Waals surface area contributed by atoms with E-state index < -0.39 is 39.4 Å². The molecule has 0 aromatic rings. The van der Waals surface area contributed by atoms with Crippen LogP contribution in [0.2, 0.25) is 0 Å². The highest BCUT2D eigenvalue weighted by Crippen LogP contribution is 2.28. The molecule has 0 aromatic carbocycles. The highest BCUT2D eigenvalue weighted by atomic mass is 32.2. The predicted molar refractivity (Wildman–Crippen MR) is 50.7 cm³/mol. The topological polar surface area (TPSA) is 71.4 Å². The zero-order chi connectivity index (χ0) is 13.0. The summed E-state index contributed by atoms with van der Waals surface area (Å²) in [6.07, 6.45) is -4.29. The number of carboxylic acid groups (broad SMARTS) is 1. The summed E-state index contributed by atoms with van der Waals surface area (Å²) in [5.41, 5.74) is 0. The summed E-state index contributed by atoms with van der Waals surface area (Å²) in [6, 6.07) is 0. The zero-order valence-electron chi connectivity index (χ0n) is 8.62. The lowest BCUT2D eigenvalue weighted by Crippen LogP contribution is -2.37. The van der Waals surface area contributed by atoms with Crippen LogP contribution in [0.5, 0.6) is 0 Å². The number of aliphatic carboxylic acids is 1. The van der Waals surface area contributed by atoms with Crippen molar-refractivity contribution in [3.05, 3.63) is 0 Å². The number of rotatable bonds is 6. The zero-order valence-corrected chi connectivity index (χ0v) is 9.44. The van der Waals surface area contributed by atoms with E-state index in [1.165, 1.54) is 0 Å². The predicted octanol–water partition coefficient (Wildman–Crippen LogP) is 1.46. The highest BCUT2D eigenvalue weighted by molar-refractivity contribution is 7.91. The summed E-state index contributed by atoms with van der Waals surface area (Å²) < 4.78 is 58.9. The van der Waals surface area contributed by atoms with E-state index in [0.29, 0.717) is 6.42 Å². The fourth-order valence-electron chi connectivity index (χ4n) is 1.01. The van der Waals surface area contributed by atoms with Gasteiger partial charge in [-0.2, -0.15) is 13.2 Å². The molecule has 0 aliphatic heterocycles. The van der Waals surface area contributed by atoms with Crippen LogP contribution in [-0.4, -0.2) is 37.2 Å². The van der Waals surface area contributed by atoms with Gasteiger partial charge in [-0.1, -0.05) is 13.3 Å². The third kappa shape index (κ3) is 5.34. The summed E-state index contributed by atoms with van der Waals surface area (Å²) in [6.45, 7) is 1.69. The van der Waals surface area contributed by atoms with Crippen molar-refractivity contribution in [2.24, 2.45) is 5.92 Å². The van der Waals surface area contributed by atoms with Gasteiger partial charge in [-0.3, -0.25) is 4.79 Å². The van der Waals surface area contributed by atoms with Gasteiger partial charge >= 0.3 is 12.1 Å². The number of halogens is 3. The Morgan fingerprint density at radius 3 is 2.19 bits per heavy atom. The van der Waals surface area contributed by atoms with E-state index in [2.05, 4.69) is 0 Å². The first-order valence-electron chi connectivity index (χ1n) is 4.60. The van der Waals surface area contributed by atoms with Crippen LogP contribution in [-0.2, 0) is 14.6 Å². The molecule has 4 nitrogen and oxygen atoms in total. The van der Waals surface area contributed by atoms with Gasteiger partial charge in [0, 0.05) is 0 Å². The molecule has 0 aliphatic carbocycles. The molecular formula is C8H13F3O4S. The molecule has 8 heteroatoms. The Hall–Kier alpha value is -0.790. The molecule has 0 rings (SSSR count). The average molecular weight is 262 g/mol. The van der Waals surface area contributed by atoms with Crippen LogP contribution in [0.15, 0.2) is 0 Å². The van der Waals surface area contributed by atoms with Gasteiger partial charge in [0.1, 0.15) is 0 Å². The number of hydrogen-bond donors (Lipinski definition) is 1. The molecule has 0 bridgehead atoms. The Bertz CT molecular complexity index is 334. The van der Waals surface area contributed by atoms with Crippen molar-refractivity contribution in [3.63, 3.8) is 0 Å². The molecular weight excluding hydrogens is 249 g/mol. The number of unbranched alkanes of at least 4 members (excludes halogenated alkanes) is 1. The molecule has 16 heavy (non-hydrogen) atoms. The van der Waals surface area contributed by atoms with Crippen molar-refractivity contribution < 1.29 is 31.5 Å². The second-order valence-electron chi connectivity index (χ2n) is 3.40. The van der Waals surface area contributed by atoms with Crippen molar-refractivity contribution in [3.8, 4) is 0 Å². The Labute approximate surface area is 91.4 Å². The lowest BCUT2D eigenvalue weighted by molar-refractivity contribution is -0.189. The van der Waals surface area contributed by atoms with Crippen LogP contribution in [0.3, 0.4) is 0 Å². The van der Waals surface area contributed by atoms with E-state index in [9.17, 15) is 26.4 Å². The summed E-state index contributed by atoms with van der Waals surface area (Å²) >= 11 is 0. The van der Waals surface area contributed by atoms with Crippen molar-refractivity contribution in [2.45, 2.75) is 25.9 Å². The van der Waals surface area contributed by atoms with Crippen molar-refractivity contribution in [1.29, 1.82) is 0 Å². The third-order valence-corrected chi connectivity index (χ3v) is 3.67. The molecule has 96 valence electrons. The molecule has 0 fully saturated rings. The van der Waals surface area contributed by atoms with E-state index in [0.717, 1.165) is 0 Å². The van der Waals surface area contributed by atoms with E-state index in [-0.39, 0.29) is 6.42 Å². The standard InChI is InChI=1S/C8H13F3O4S/c1-2-3-4-16(14,15)5-6(7(12)13)8(9,10)11/h6H,2-5H2,1H3,(H,12,13). The number of alkyl halides is 3. The molecule has 1 N–H and O–H groups in total.